The highest BCUT2D eigenvalue weighted by atomic mass is 32.2. The van der Waals surface area contributed by atoms with Crippen LogP contribution in [0.15, 0.2) is 42.5 Å². The summed E-state index contributed by atoms with van der Waals surface area (Å²) in [4.78, 5) is 25.8. The summed E-state index contributed by atoms with van der Waals surface area (Å²) in [7, 11) is -3.76. The number of halogens is 6. The van der Waals surface area contributed by atoms with Crippen LogP contribution in [0.1, 0.15) is 68.1 Å². The normalized spacial score (nSPS) is 14.4. The average molecular weight is 663 g/mol. The Kier molecular flexibility index (Phi) is 9.53. The number of benzene rings is 2. The van der Waals surface area contributed by atoms with E-state index in [1.165, 1.54) is 48.2 Å². The monoisotopic (exact) mass is 662 g/mol. The van der Waals surface area contributed by atoms with Crippen LogP contribution >= 0.6 is 0 Å². The van der Waals surface area contributed by atoms with Crippen LogP contribution in [-0.2, 0) is 46.2 Å². The number of amides is 1. The molecule has 17 heteroatoms. The van der Waals surface area contributed by atoms with Gasteiger partial charge in [-0.1, -0.05) is 24.3 Å². The minimum Gasteiger partial charge on any atom is -0.478 e. The molecule has 1 aliphatic heterocycles. The molecule has 0 saturated carbocycles. The van der Waals surface area contributed by atoms with E-state index in [1.807, 2.05) is 0 Å². The van der Waals surface area contributed by atoms with Gasteiger partial charge in [-0.25, -0.2) is 9.48 Å². The average Bonchev–Trinajstić information content (AvgIpc) is 3.51. The van der Waals surface area contributed by atoms with Gasteiger partial charge in [-0.15, -0.1) is 0 Å². The highest BCUT2D eigenvalue weighted by Crippen LogP contribution is 2.39. The number of aromatic carboxylic acids is 1. The molecule has 3 aromatic rings. The predicted octanol–water partition coefficient (Wildman–Crippen LogP) is 5.04. The quantitative estimate of drug-likeness (QED) is 0.166. The molecule has 0 unspecified atom stereocenters. The number of alkyl halides is 6. The van der Waals surface area contributed by atoms with Crippen LogP contribution in [0.4, 0.5) is 32.2 Å². The first-order valence-electron chi connectivity index (χ1n) is 13.5. The van der Waals surface area contributed by atoms with E-state index >= 15 is 0 Å². The lowest BCUT2D eigenvalue weighted by Crippen LogP contribution is -2.31. The zero-order chi connectivity index (χ0) is 33.3. The van der Waals surface area contributed by atoms with Gasteiger partial charge in [0, 0.05) is 13.1 Å². The van der Waals surface area contributed by atoms with Gasteiger partial charge < -0.3 is 15.3 Å². The van der Waals surface area contributed by atoms with Crippen LogP contribution in [0, 0.1) is 0 Å². The fraction of sp³-hybridized carbons (Fsp3) is 0.393. The van der Waals surface area contributed by atoms with Crippen molar-refractivity contribution in [1.82, 2.24) is 15.1 Å². The van der Waals surface area contributed by atoms with Crippen LogP contribution < -0.4 is 10.2 Å². The number of carbonyl (C=O) groups excluding carboxylic acids is 1. The molecule has 0 saturated heterocycles. The number of rotatable bonds is 11. The molecule has 45 heavy (non-hydrogen) atoms. The summed E-state index contributed by atoms with van der Waals surface area (Å²) >= 11 is 0. The molecule has 0 aliphatic carbocycles. The van der Waals surface area contributed by atoms with Crippen molar-refractivity contribution >= 4 is 27.8 Å². The van der Waals surface area contributed by atoms with E-state index in [2.05, 4.69) is 14.6 Å². The number of hydrogen-bond acceptors (Lipinski definition) is 7. The molecule has 1 aliphatic rings. The summed E-state index contributed by atoms with van der Waals surface area (Å²) in [6.45, 7) is 0.932. The maximum Gasteiger partial charge on any atom is 0.436 e. The Bertz CT molecular complexity index is 1690. The number of aryl methyl sites for hydroxylation is 1. The number of anilines is 1. The fourth-order valence-electron chi connectivity index (χ4n) is 4.98. The number of fused-ring (bicyclic) bond motifs is 1. The molecule has 0 spiro atoms. The van der Waals surface area contributed by atoms with Crippen LogP contribution in [0.5, 0.6) is 0 Å². The smallest absolute Gasteiger partial charge is 0.436 e. The van der Waals surface area contributed by atoms with Crippen molar-refractivity contribution < 1.29 is 53.6 Å². The standard InChI is InChI=1S/C28H28F6N4O6S/c1-16(18-7-9-20(10-8-18)26(40)41)35-24(39)22-23(28(32,33)34)36-38-12-11-37(25(22)38)15-17-5-6-19(21(14-17)27(29,30)31)4-3-13-44-45(2,42)43/h5-10,14,16H,3-4,11-13,15H2,1-2H3,(H,35,39)(H,40,41)/t16-/m0/s1. The molecule has 1 atom stereocenters. The highest BCUT2D eigenvalue weighted by molar-refractivity contribution is 7.85. The number of hydrogen-bond donors (Lipinski definition) is 2. The van der Waals surface area contributed by atoms with Crippen molar-refractivity contribution in [2.75, 3.05) is 24.3 Å². The van der Waals surface area contributed by atoms with E-state index in [1.54, 1.807) is 0 Å². The van der Waals surface area contributed by atoms with Gasteiger partial charge in [-0.3, -0.25) is 8.98 Å². The van der Waals surface area contributed by atoms with Gasteiger partial charge in [0.2, 0.25) is 0 Å². The van der Waals surface area contributed by atoms with Gasteiger partial charge in [-0.2, -0.15) is 39.9 Å². The number of aromatic nitrogens is 2. The first kappa shape index (κ1) is 33.8. The number of carboxylic acid groups (broad SMARTS) is 1. The molecule has 4 rings (SSSR count). The van der Waals surface area contributed by atoms with Gasteiger partial charge in [0.15, 0.2) is 5.69 Å². The van der Waals surface area contributed by atoms with E-state index in [-0.39, 0.29) is 61.6 Å². The first-order valence-corrected chi connectivity index (χ1v) is 15.3. The summed E-state index contributed by atoms with van der Waals surface area (Å²) in [6.07, 6.45) is -9.13. The summed E-state index contributed by atoms with van der Waals surface area (Å²) in [5.41, 5.74) is -2.82. The molecular weight excluding hydrogens is 634 g/mol. The second-order valence-corrected chi connectivity index (χ2v) is 12.1. The number of nitrogens with one attached hydrogen (secondary N) is 1. The topological polar surface area (TPSA) is 131 Å². The van der Waals surface area contributed by atoms with Crippen molar-refractivity contribution in [3.63, 3.8) is 0 Å². The van der Waals surface area contributed by atoms with Gasteiger partial charge in [0.25, 0.3) is 16.0 Å². The molecule has 0 fully saturated rings. The SMILES string of the molecule is C[C@H](NC(=O)c1c(C(F)(F)F)nn2c1N(Cc1ccc(CCCOS(C)(=O)=O)c(C(F)(F)F)c1)CC2)c1ccc(C(=O)O)cc1. The Balaban J connectivity index is 1.60. The van der Waals surface area contributed by atoms with E-state index in [0.717, 1.165) is 17.0 Å². The zero-order valence-corrected chi connectivity index (χ0v) is 24.7. The van der Waals surface area contributed by atoms with Crippen molar-refractivity contribution in [3.8, 4) is 0 Å². The van der Waals surface area contributed by atoms with Gasteiger partial charge >= 0.3 is 18.3 Å². The van der Waals surface area contributed by atoms with Crippen molar-refractivity contribution in [1.29, 1.82) is 0 Å². The Labute approximate surface area is 253 Å². The van der Waals surface area contributed by atoms with Crippen LogP contribution in [0.25, 0.3) is 0 Å². The molecule has 1 amide bonds. The molecule has 0 radical (unpaired) electrons. The van der Waals surface area contributed by atoms with Crippen LogP contribution in [0.3, 0.4) is 0 Å². The second-order valence-electron chi connectivity index (χ2n) is 10.4. The van der Waals surface area contributed by atoms with Crippen molar-refractivity contribution in [3.05, 3.63) is 81.5 Å². The number of carbonyl (C=O) groups is 2. The van der Waals surface area contributed by atoms with E-state index < -0.39 is 57.2 Å². The summed E-state index contributed by atoms with van der Waals surface area (Å²) in [5, 5.41) is 15.2. The lowest BCUT2D eigenvalue weighted by molar-refractivity contribution is -0.142. The number of nitrogens with zero attached hydrogens (tertiary/aromatic N) is 3. The summed E-state index contributed by atoms with van der Waals surface area (Å²) in [6, 6.07) is 8.03. The predicted molar refractivity (Wildman–Crippen MR) is 148 cm³/mol. The minimum absolute atomic E-state index is 0.0123. The van der Waals surface area contributed by atoms with Crippen molar-refractivity contribution in [2.24, 2.45) is 0 Å². The summed E-state index contributed by atoms with van der Waals surface area (Å²) in [5.74, 6) is -2.50. The third-order valence-corrected chi connectivity index (χ3v) is 7.64. The maximum atomic E-state index is 14.0. The molecule has 10 nitrogen and oxygen atoms in total. The Morgan fingerprint density at radius 2 is 1.71 bits per heavy atom. The first-order chi connectivity index (χ1) is 20.8. The minimum atomic E-state index is -5.02. The number of carboxylic acids is 1. The third kappa shape index (κ3) is 8.13. The Hall–Kier alpha value is -4.12. The van der Waals surface area contributed by atoms with E-state index in [4.69, 9.17) is 5.11 Å². The maximum absolute atomic E-state index is 14.0. The molecule has 244 valence electrons. The van der Waals surface area contributed by atoms with Gasteiger partial charge in [0.05, 0.1) is 36.6 Å². The zero-order valence-electron chi connectivity index (χ0n) is 23.9. The lowest BCUT2D eigenvalue weighted by atomic mass is 9.99. The Morgan fingerprint density at radius 1 is 1.04 bits per heavy atom. The molecular formula is C28H28F6N4O6S. The van der Waals surface area contributed by atoms with Crippen LogP contribution in [0.2, 0.25) is 0 Å². The fourth-order valence-corrected chi connectivity index (χ4v) is 5.40. The van der Waals surface area contributed by atoms with Crippen LogP contribution in [-0.4, -0.2) is 54.6 Å². The highest BCUT2D eigenvalue weighted by Gasteiger charge is 2.44. The second kappa shape index (κ2) is 12.7. The van der Waals surface area contributed by atoms with Gasteiger partial charge in [-0.05, 0) is 54.7 Å². The van der Waals surface area contributed by atoms with Gasteiger partial charge in [0.1, 0.15) is 11.4 Å². The molecule has 2 N–H and O–H groups in total. The lowest BCUT2D eigenvalue weighted by Gasteiger charge is -2.22. The molecule has 1 aromatic heterocycles. The Morgan fingerprint density at radius 3 is 2.29 bits per heavy atom. The molecule has 2 aromatic carbocycles. The van der Waals surface area contributed by atoms with E-state index in [0.29, 0.717) is 5.56 Å². The molecule has 0 bridgehead atoms. The molecule has 2 heterocycles. The van der Waals surface area contributed by atoms with E-state index in [9.17, 15) is 44.3 Å². The van der Waals surface area contributed by atoms with Crippen molar-refractivity contribution in [2.45, 2.75) is 51.2 Å². The largest absolute Gasteiger partial charge is 0.478 e. The summed E-state index contributed by atoms with van der Waals surface area (Å²) < 4.78 is 112. The third-order valence-electron chi connectivity index (χ3n) is 7.05.